The first-order valence-electron chi connectivity index (χ1n) is 13.1. The number of amides is 2. The molecule has 2 aliphatic rings. The Hall–Kier alpha value is -4.06. The van der Waals surface area contributed by atoms with Gasteiger partial charge in [0.05, 0.1) is 18.0 Å². The van der Waals surface area contributed by atoms with Crippen LogP contribution in [0.2, 0.25) is 0 Å². The largest absolute Gasteiger partial charge is 0.504 e. The molecule has 0 saturated carbocycles. The molecular formula is C27H40N8O4. The van der Waals surface area contributed by atoms with Crippen LogP contribution >= 0.6 is 0 Å². The van der Waals surface area contributed by atoms with E-state index >= 15 is 0 Å². The van der Waals surface area contributed by atoms with Crippen molar-refractivity contribution >= 4 is 24.7 Å². The molecular weight excluding hydrogens is 500 g/mol. The minimum atomic E-state index is -0.561. The lowest BCUT2D eigenvalue weighted by atomic mass is 9.98. The monoisotopic (exact) mass is 540 g/mol. The molecule has 0 aliphatic carbocycles. The highest BCUT2D eigenvalue weighted by Gasteiger charge is 2.32. The highest BCUT2D eigenvalue weighted by Crippen LogP contribution is 2.32. The van der Waals surface area contributed by atoms with Crippen molar-refractivity contribution < 1.29 is 19.4 Å². The summed E-state index contributed by atoms with van der Waals surface area (Å²) in [4.78, 5) is 35.0. The average molecular weight is 541 g/mol. The first kappa shape index (κ1) is 29.5. The van der Waals surface area contributed by atoms with Gasteiger partial charge in [0, 0.05) is 44.4 Å². The van der Waals surface area contributed by atoms with E-state index in [0.717, 1.165) is 35.4 Å². The summed E-state index contributed by atoms with van der Waals surface area (Å²) in [6.07, 6.45) is 2.71. The normalized spacial score (nSPS) is 16.9. The Bertz CT molecular complexity index is 1150. The van der Waals surface area contributed by atoms with Crippen LogP contribution < -0.4 is 26.5 Å². The van der Waals surface area contributed by atoms with Crippen molar-refractivity contribution in [3.63, 3.8) is 0 Å². The summed E-state index contributed by atoms with van der Waals surface area (Å²) < 4.78 is 5.81. The number of aliphatic hydroxyl groups is 1. The van der Waals surface area contributed by atoms with Crippen LogP contribution in [0.3, 0.4) is 0 Å². The van der Waals surface area contributed by atoms with Crippen LogP contribution in [0.4, 0.5) is 0 Å². The van der Waals surface area contributed by atoms with Crippen molar-refractivity contribution in [2.45, 2.75) is 45.7 Å². The zero-order valence-electron chi connectivity index (χ0n) is 23.0. The summed E-state index contributed by atoms with van der Waals surface area (Å²) in [6.45, 7) is 9.33. The summed E-state index contributed by atoms with van der Waals surface area (Å²) in [6, 6.07) is 5.82. The molecule has 1 unspecified atom stereocenters. The van der Waals surface area contributed by atoms with Crippen LogP contribution in [-0.2, 0) is 16.0 Å². The minimum absolute atomic E-state index is 0.0698. The number of nitrogens with two attached hydrogens (primary N) is 1. The molecule has 0 radical (unpaired) electrons. The Morgan fingerprint density at radius 1 is 1.41 bits per heavy atom. The van der Waals surface area contributed by atoms with Crippen molar-refractivity contribution in [3.05, 3.63) is 52.2 Å². The summed E-state index contributed by atoms with van der Waals surface area (Å²) in [5.41, 5.74) is 13.3. The van der Waals surface area contributed by atoms with Crippen LogP contribution in [0.1, 0.15) is 50.4 Å². The van der Waals surface area contributed by atoms with Crippen LogP contribution in [-0.4, -0.2) is 79.7 Å². The maximum atomic E-state index is 13.9. The second-order valence-electron chi connectivity index (χ2n) is 9.23. The standard InChI is InChI=1S/C27H40N8O4/c1-5-22-24(34(14-12-31-17-36)13-11-21(28)25(37)18(2)29-3)27(38)35(16-32-22)33-26(30-4)20-8-6-10-23-19(20)9-7-15-39-23/h6,8,10,17,26,32-33,37H,4-5,7,9,11-16,28H2,1-3H3,(H,31,36)/b25-21+,29-18?. The number of aliphatic hydroxyl groups excluding tert-OH is 1. The smallest absolute Gasteiger partial charge is 0.287 e. The third kappa shape index (κ3) is 7.08. The van der Waals surface area contributed by atoms with E-state index in [-0.39, 0.29) is 30.5 Å². The van der Waals surface area contributed by atoms with Crippen LogP contribution in [0.25, 0.3) is 0 Å². The van der Waals surface area contributed by atoms with Gasteiger partial charge in [0.2, 0.25) is 6.41 Å². The SMILES string of the molecule is C=NC(NN1CNC(CC)=C(N(CCNC=O)CC/C(N)=C(\O)C(C)=NC)C1=O)c1cccc2c1CCCO2. The number of aliphatic imine (C=N–C) groups is 2. The van der Waals surface area contributed by atoms with Crippen molar-refractivity contribution in [2.75, 3.05) is 40.0 Å². The minimum Gasteiger partial charge on any atom is -0.504 e. The molecule has 12 nitrogen and oxygen atoms in total. The zero-order chi connectivity index (χ0) is 28.4. The molecule has 0 fully saturated rings. The number of hydrazine groups is 1. The van der Waals surface area contributed by atoms with E-state index < -0.39 is 6.17 Å². The molecule has 6 N–H and O–H groups in total. The van der Waals surface area contributed by atoms with Gasteiger partial charge in [-0.15, -0.1) is 0 Å². The number of ether oxygens (including phenoxy) is 1. The number of fused-ring (bicyclic) bond motifs is 1. The van der Waals surface area contributed by atoms with Gasteiger partial charge < -0.3 is 31.1 Å². The molecule has 212 valence electrons. The van der Waals surface area contributed by atoms with Gasteiger partial charge in [-0.1, -0.05) is 19.1 Å². The predicted octanol–water partition coefficient (Wildman–Crippen LogP) is 1.48. The third-order valence-electron chi connectivity index (χ3n) is 6.85. The number of rotatable bonds is 14. The number of carbonyl (C=O) groups excluding carboxylic acids is 2. The molecule has 2 amide bonds. The number of nitrogens with one attached hydrogen (secondary N) is 3. The van der Waals surface area contributed by atoms with Crippen LogP contribution in [0, 0.1) is 0 Å². The van der Waals surface area contributed by atoms with Gasteiger partial charge in [0.15, 0.2) is 5.76 Å². The number of hydrogen-bond donors (Lipinski definition) is 5. The second-order valence-corrected chi connectivity index (χ2v) is 9.23. The number of carbonyl (C=O) groups is 2. The number of hydrogen-bond acceptors (Lipinski definition) is 10. The number of allylic oxidation sites excluding steroid dienone is 2. The van der Waals surface area contributed by atoms with Crippen molar-refractivity contribution in [3.8, 4) is 5.75 Å². The fourth-order valence-electron chi connectivity index (χ4n) is 4.64. The number of nitrogens with zero attached hydrogens (tertiary/aromatic N) is 4. The highest BCUT2D eigenvalue weighted by molar-refractivity contribution is 5.96. The highest BCUT2D eigenvalue weighted by atomic mass is 16.5. The van der Waals surface area contributed by atoms with Crippen molar-refractivity contribution in [2.24, 2.45) is 15.7 Å². The van der Waals surface area contributed by atoms with E-state index in [0.29, 0.717) is 50.5 Å². The van der Waals surface area contributed by atoms with Gasteiger partial charge >= 0.3 is 0 Å². The predicted molar refractivity (Wildman–Crippen MR) is 151 cm³/mol. The van der Waals surface area contributed by atoms with Gasteiger partial charge in [-0.2, -0.15) is 0 Å². The van der Waals surface area contributed by atoms with Gasteiger partial charge in [-0.3, -0.25) is 24.6 Å². The average Bonchev–Trinajstić information content (AvgIpc) is 2.97. The van der Waals surface area contributed by atoms with Gasteiger partial charge in [0.25, 0.3) is 5.91 Å². The topological polar surface area (TPSA) is 157 Å². The Kier molecular flexibility index (Phi) is 10.7. The molecule has 1 aromatic rings. The van der Waals surface area contributed by atoms with E-state index in [2.05, 4.69) is 32.8 Å². The van der Waals surface area contributed by atoms with E-state index in [1.165, 1.54) is 5.01 Å². The lowest BCUT2D eigenvalue weighted by molar-refractivity contribution is -0.134. The Morgan fingerprint density at radius 2 is 2.21 bits per heavy atom. The molecule has 39 heavy (non-hydrogen) atoms. The van der Waals surface area contributed by atoms with E-state index in [9.17, 15) is 14.7 Å². The maximum Gasteiger partial charge on any atom is 0.287 e. The molecule has 0 spiro atoms. The summed E-state index contributed by atoms with van der Waals surface area (Å²) >= 11 is 0. The Morgan fingerprint density at radius 3 is 2.90 bits per heavy atom. The fourth-order valence-corrected chi connectivity index (χ4v) is 4.64. The molecule has 0 saturated heterocycles. The molecule has 1 atom stereocenters. The number of benzene rings is 1. The maximum absolute atomic E-state index is 13.9. The van der Waals surface area contributed by atoms with Gasteiger partial charge in [-0.05, 0) is 44.5 Å². The first-order valence-corrected chi connectivity index (χ1v) is 13.1. The molecule has 0 bridgehead atoms. The molecule has 1 aromatic carbocycles. The zero-order valence-corrected chi connectivity index (χ0v) is 23.0. The van der Waals surface area contributed by atoms with E-state index in [1.807, 2.05) is 30.0 Å². The first-order chi connectivity index (χ1) is 18.9. The summed E-state index contributed by atoms with van der Waals surface area (Å²) in [5.74, 6) is 0.515. The second kappa shape index (κ2) is 14.2. The molecule has 0 aromatic heterocycles. The third-order valence-corrected chi connectivity index (χ3v) is 6.85. The molecule has 2 aliphatic heterocycles. The Balaban J connectivity index is 1.86. The van der Waals surface area contributed by atoms with Gasteiger partial charge in [-0.25, -0.2) is 5.43 Å². The summed E-state index contributed by atoms with van der Waals surface area (Å²) in [7, 11) is 1.58. The lowest BCUT2D eigenvalue weighted by Crippen LogP contribution is -2.56. The van der Waals surface area contributed by atoms with Crippen molar-refractivity contribution in [1.29, 1.82) is 0 Å². The molecule has 12 heteroatoms. The molecule has 2 heterocycles. The Labute approximate surface area is 229 Å². The quantitative estimate of drug-likeness (QED) is 0.103. The fraction of sp³-hybridized carbons (Fsp3) is 0.481. The van der Waals surface area contributed by atoms with Crippen LogP contribution in [0.15, 0.2) is 51.0 Å². The van der Waals surface area contributed by atoms with E-state index in [1.54, 1.807) is 14.0 Å². The lowest BCUT2D eigenvalue weighted by Gasteiger charge is -2.38. The summed E-state index contributed by atoms with van der Waals surface area (Å²) in [5, 5.41) is 17.8. The van der Waals surface area contributed by atoms with Gasteiger partial charge in [0.1, 0.15) is 24.3 Å². The van der Waals surface area contributed by atoms with Crippen molar-refractivity contribution in [1.82, 2.24) is 26.0 Å². The van der Waals surface area contributed by atoms with Crippen LogP contribution in [0.5, 0.6) is 5.75 Å². The molecule has 3 rings (SSSR count). The van der Waals surface area contributed by atoms with E-state index in [4.69, 9.17) is 10.5 Å².